The number of carbonyl (C=O) groups excluding carboxylic acids is 1. The minimum atomic E-state index is -0.264. The molecular weight excluding hydrogens is 228 g/mol. The number of ether oxygens (including phenoxy) is 1. The molecule has 3 N–H and O–H groups in total. The van der Waals surface area contributed by atoms with E-state index >= 15 is 0 Å². The number of carbonyl (C=O) groups is 1. The van der Waals surface area contributed by atoms with Crippen LogP contribution in [0, 0.1) is 11.8 Å². The summed E-state index contributed by atoms with van der Waals surface area (Å²) < 4.78 is 5.60. The third-order valence-electron chi connectivity index (χ3n) is 4.27. The summed E-state index contributed by atoms with van der Waals surface area (Å²) in [6.45, 7) is 3.64. The lowest BCUT2D eigenvalue weighted by molar-refractivity contribution is -0.132. The molecule has 2 fully saturated rings. The van der Waals surface area contributed by atoms with Gasteiger partial charge in [0.05, 0.1) is 6.10 Å². The topological polar surface area (TPSA) is 64.4 Å². The van der Waals surface area contributed by atoms with Crippen molar-refractivity contribution in [2.75, 3.05) is 13.1 Å². The first-order valence-corrected chi connectivity index (χ1v) is 7.32. The molecule has 4 unspecified atom stereocenters. The average molecular weight is 254 g/mol. The number of nitrogens with one attached hydrogen (secondary N) is 1. The minimum absolute atomic E-state index is 0.0594. The van der Waals surface area contributed by atoms with Gasteiger partial charge in [0, 0.05) is 13.1 Å². The monoisotopic (exact) mass is 254 g/mol. The van der Waals surface area contributed by atoms with Crippen molar-refractivity contribution in [1.29, 1.82) is 0 Å². The molecule has 0 aromatic heterocycles. The van der Waals surface area contributed by atoms with Crippen molar-refractivity contribution in [2.24, 2.45) is 17.6 Å². The van der Waals surface area contributed by atoms with Gasteiger partial charge < -0.3 is 15.8 Å². The van der Waals surface area contributed by atoms with Crippen LogP contribution < -0.4 is 11.1 Å². The lowest BCUT2D eigenvalue weighted by Crippen LogP contribution is -2.38. The van der Waals surface area contributed by atoms with Gasteiger partial charge in [-0.05, 0) is 37.5 Å². The SMILES string of the molecule is CC1CCCC(CNC(=O)C2CCC(CN)O2)C1. The highest BCUT2D eigenvalue weighted by Crippen LogP contribution is 2.28. The Balaban J connectivity index is 1.68. The van der Waals surface area contributed by atoms with Crippen molar-refractivity contribution >= 4 is 5.91 Å². The average Bonchev–Trinajstić information content (AvgIpc) is 2.85. The number of nitrogens with two attached hydrogens (primary N) is 1. The van der Waals surface area contributed by atoms with Crippen LogP contribution in [0.1, 0.15) is 45.4 Å². The Morgan fingerprint density at radius 2 is 2.17 bits per heavy atom. The van der Waals surface area contributed by atoms with Crippen molar-refractivity contribution in [2.45, 2.75) is 57.7 Å². The van der Waals surface area contributed by atoms with Crippen LogP contribution in [0.2, 0.25) is 0 Å². The van der Waals surface area contributed by atoms with Crippen molar-refractivity contribution in [3.8, 4) is 0 Å². The number of rotatable bonds is 4. The second kappa shape index (κ2) is 6.53. The van der Waals surface area contributed by atoms with Gasteiger partial charge in [0.15, 0.2) is 0 Å². The first-order valence-electron chi connectivity index (χ1n) is 7.32. The summed E-state index contributed by atoms with van der Waals surface area (Å²) in [5.74, 6) is 1.53. The smallest absolute Gasteiger partial charge is 0.249 e. The van der Waals surface area contributed by atoms with Crippen molar-refractivity contribution in [1.82, 2.24) is 5.32 Å². The van der Waals surface area contributed by atoms with Crippen LogP contribution in [0.5, 0.6) is 0 Å². The molecule has 1 aliphatic heterocycles. The summed E-state index contributed by atoms with van der Waals surface area (Å²) >= 11 is 0. The highest BCUT2D eigenvalue weighted by atomic mass is 16.5. The molecular formula is C14H26N2O2. The second-order valence-corrected chi connectivity index (χ2v) is 5.94. The first-order chi connectivity index (χ1) is 8.69. The van der Waals surface area contributed by atoms with E-state index in [1.165, 1.54) is 25.7 Å². The van der Waals surface area contributed by atoms with Crippen LogP contribution in [0.4, 0.5) is 0 Å². The van der Waals surface area contributed by atoms with E-state index in [-0.39, 0.29) is 18.1 Å². The Kier molecular flexibility index (Phi) is 5.01. The van der Waals surface area contributed by atoms with E-state index in [0.29, 0.717) is 12.5 Å². The molecule has 0 spiro atoms. The van der Waals surface area contributed by atoms with Crippen LogP contribution in [-0.4, -0.2) is 31.2 Å². The normalized spacial score (nSPS) is 36.6. The molecule has 18 heavy (non-hydrogen) atoms. The van der Waals surface area contributed by atoms with Gasteiger partial charge in [-0.1, -0.05) is 19.8 Å². The van der Waals surface area contributed by atoms with Crippen molar-refractivity contribution in [3.63, 3.8) is 0 Å². The zero-order valence-corrected chi connectivity index (χ0v) is 11.4. The van der Waals surface area contributed by atoms with E-state index in [1.54, 1.807) is 0 Å². The molecule has 1 heterocycles. The maximum absolute atomic E-state index is 12.0. The molecule has 4 atom stereocenters. The van der Waals surface area contributed by atoms with Gasteiger partial charge in [0.25, 0.3) is 0 Å². The van der Waals surface area contributed by atoms with E-state index in [4.69, 9.17) is 10.5 Å². The Morgan fingerprint density at radius 3 is 2.83 bits per heavy atom. The highest BCUT2D eigenvalue weighted by molar-refractivity contribution is 5.81. The molecule has 1 saturated heterocycles. The zero-order chi connectivity index (χ0) is 13.0. The number of hydrogen-bond acceptors (Lipinski definition) is 3. The number of hydrogen-bond donors (Lipinski definition) is 2. The molecule has 2 aliphatic rings. The van der Waals surface area contributed by atoms with Gasteiger partial charge >= 0.3 is 0 Å². The summed E-state index contributed by atoms with van der Waals surface area (Å²) in [7, 11) is 0. The van der Waals surface area contributed by atoms with Crippen LogP contribution in [-0.2, 0) is 9.53 Å². The van der Waals surface area contributed by atoms with Gasteiger partial charge in [-0.15, -0.1) is 0 Å². The van der Waals surface area contributed by atoms with Crippen molar-refractivity contribution < 1.29 is 9.53 Å². The fourth-order valence-electron chi connectivity index (χ4n) is 3.18. The lowest BCUT2D eigenvalue weighted by atomic mass is 9.82. The molecule has 1 amide bonds. The predicted octanol–water partition coefficient (Wildman–Crippen LogP) is 1.44. The minimum Gasteiger partial charge on any atom is -0.364 e. The van der Waals surface area contributed by atoms with E-state index in [9.17, 15) is 4.79 Å². The third kappa shape index (κ3) is 3.69. The molecule has 1 aliphatic carbocycles. The quantitative estimate of drug-likeness (QED) is 0.798. The maximum atomic E-state index is 12.0. The van der Waals surface area contributed by atoms with Gasteiger partial charge in [-0.25, -0.2) is 0 Å². The Bertz CT molecular complexity index is 283. The van der Waals surface area contributed by atoms with E-state index in [2.05, 4.69) is 12.2 Å². The molecule has 0 radical (unpaired) electrons. The predicted molar refractivity (Wildman–Crippen MR) is 71.1 cm³/mol. The van der Waals surface area contributed by atoms with Crippen molar-refractivity contribution in [3.05, 3.63) is 0 Å². The molecule has 4 heteroatoms. The first kappa shape index (κ1) is 13.8. The number of amides is 1. The molecule has 0 aromatic carbocycles. The summed E-state index contributed by atoms with van der Waals surface area (Å²) in [4.78, 5) is 12.0. The summed E-state index contributed by atoms with van der Waals surface area (Å²) in [6.07, 6.45) is 6.68. The molecule has 0 aromatic rings. The van der Waals surface area contributed by atoms with Crippen LogP contribution in [0.3, 0.4) is 0 Å². The van der Waals surface area contributed by atoms with E-state index in [0.717, 1.165) is 25.3 Å². The van der Waals surface area contributed by atoms with Crippen LogP contribution >= 0.6 is 0 Å². The standard InChI is InChI=1S/C14H26N2O2/c1-10-3-2-4-11(7-10)9-16-14(17)13-6-5-12(8-15)18-13/h10-13H,2-9,15H2,1H3,(H,16,17). The Hall–Kier alpha value is -0.610. The molecule has 0 bridgehead atoms. The van der Waals surface area contributed by atoms with Gasteiger partial charge in [-0.3, -0.25) is 4.79 Å². The van der Waals surface area contributed by atoms with Gasteiger partial charge in [-0.2, -0.15) is 0 Å². The largest absolute Gasteiger partial charge is 0.364 e. The Morgan fingerprint density at radius 1 is 1.33 bits per heavy atom. The van der Waals surface area contributed by atoms with Gasteiger partial charge in [0.1, 0.15) is 6.10 Å². The lowest BCUT2D eigenvalue weighted by Gasteiger charge is -2.27. The fraction of sp³-hybridized carbons (Fsp3) is 0.929. The summed E-state index contributed by atoms with van der Waals surface area (Å²) in [5.41, 5.74) is 5.55. The fourth-order valence-corrected chi connectivity index (χ4v) is 3.18. The van der Waals surface area contributed by atoms with Gasteiger partial charge in [0.2, 0.25) is 5.91 Å². The molecule has 4 nitrogen and oxygen atoms in total. The van der Waals surface area contributed by atoms with E-state index in [1.807, 2.05) is 0 Å². The second-order valence-electron chi connectivity index (χ2n) is 5.94. The summed E-state index contributed by atoms with van der Waals surface area (Å²) in [5, 5.41) is 3.05. The molecule has 104 valence electrons. The third-order valence-corrected chi connectivity index (χ3v) is 4.27. The highest BCUT2D eigenvalue weighted by Gasteiger charge is 2.30. The molecule has 2 rings (SSSR count). The maximum Gasteiger partial charge on any atom is 0.249 e. The van der Waals surface area contributed by atoms with E-state index < -0.39 is 0 Å². The van der Waals surface area contributed by atoms with Crippen LogP contribution in [0.15, 0.2) is 0 Å². The zero-order valence-electron chi connectivity index (χ0n) is 11.4. The Labute approximate surface area is 110 Å². The van der Waals surface area contributed by atoms with Crippen LogP contribution in [0.25, 0.3) is 0 Å². The molecule has 1 saturated carbocycles. The summed E-state index contributed by atoms with van der Waals surface area (Å²) in [6, 6.07) is 0.